The first kappa shape index (κ1) is 22.8. The molecule has 3 aromatic rings. The molecule has 0 amide bonds. The summed E-state index contributed by atoms with van der Waals surface area (Å²) in [4.78, 5) is 13.7. The van der Waals surface area contributed by atoms with Crippen LogP contribution in [-0.4, -0.2) is 56.3 Å². The highest BCUT2D eigenvalue weighted by atomic mass is 16.8. The molecule has 0 spiro atoms. The Labute approximate surface area is 205 Å². The number of imidazole rings is 1. The zero-order valence-corrected chi connectivity index (χ0v) is 20.3. The van der Waals surface area contributed by atoms with E-state index in [1.54, 1.807) is 12.7 Å². The van der Waals surface area contributed by atoms with Gasteiger partial charge in [0, 0.05) is 12.6 Å². The van der Waals surface area contributed by atoms with Gasteiger partial charge in [0.15, 0.2) is 29.0 Å². The molecule has 4 atom stereocenters. The van der Waals surface area contributed by atoms with Crippen molar-refractivity contribution in [1.29, 1.82) is 0 Å². The number of hydrogen-bond donors (Lipinski definition) is 1. The van der Waals surface area contributed by atoms with Crippen LogP contribution in [0.2, 0.25) is 0 Å². The van der Waals surface area contributed by atoms with Crippen LogP contribution < -0.4 is 5.32 Å². The number of ether oxygens (including phenoxy) is 4. The number of nitrogens with one attached hydrogen (secondary N) is 1. The van der Waals surface area contributed by atoms with Gasteiger partial charge < -0.3 is 24.3 Å². The third kappa shape index (κ3) is 4.65. The molecule has 35 heavy (non-hydrogen) atoms. The third-order valence-electron chi connectivity index (χ3n) is 7.11. The molecule has 1 aromatic carbocycles. The van der Waals surface area contributed by atoms with Gasteiger partial charge in [-0.25, -0.2) is 15.0 Å². The highest BCUT2D eigenvalue weighted by Crippen LogP contribution is 2.44. The minimum atomic E-state index is -0.679. The van der Waals surface area contributed by atoms with Gasteiger partial charge in [0.25, 0.3) is 0 Å². The van der Waals surface area contributed by atoms with Crippen LogP contribution in [0, 0.1) is 0 Å². The molecule has 1 saturated carbocycles. The SMILES string of the molecule is CC1(C)OC2[C@H](n3cnc4c(NC5CCCC5)ncnc43)O[C@H](CCOCc3ccccc3)[C@H]2O1. The predicted octanol–water partition coefficient (Wildman–Crippen LogP) is 4.21. The lowest BCUT2D eigenvalue weighted by atomic mass is 10.1. The second kappa shape index (κ2) is 9.46. The first-order chi connectivity index (χ1) is 17.1. The minimum absolute atomic E-state index is 0.155. The summed E-state index contributed by atoms with van der Waals surface area (Å²) in [5.41, 5.74) is 2.65. The molecular formula is C26H33N5O4. The van der Waals surface area contributed by atoms with Gasteiger partial charge in [0.05, 0.1) is 19.0 Å². The molecule has 1 aliphatic carbocycles. The Balaban J connectivity index is 1.19. The van der Waals surface area contributed by atoms with Crippen molar-refractivity contribution in [1.82, 2.24) is 19.5 Å². The van der Waals surface area contributed by atoms with E-state index in [9.17, 15) is 0 Å². The van der Waals surface area contributed by atoms with E-state index >= 15 is 0 Å². The summed E-state index contributed by atoms with van der Waals surface area (Å²) < 4.78 is 27.0. The van der Waals surface area contributed by atoms with E-state index in [1.807, 2.05) is 36.6 Å². The normalized spacial score (nSPS) is 28.1. The van der Waals surface area contributed by atoms with Crippen molar-refractivity contribution in [2.75, 3.05) is 11.9 Å². The maximum absolute atomic E-state index is 6.51. The van der Waals surface area contributed by atoms with Crippen molar-refractivity contribution in [2.24, 2.45) is 0 Å². The number of aromatic nitrogens is 4. The Kier molecular flexibility index (Phi) is 6.18. The van der Waals surface area contributed by atoms with Gasteiger partial charge >= 0.3 is 0 Å². The van der Waals surface area contributed by atoms with Gasteiger partial charge in [-0.05, 0) is 38.7 Å². The van der Waals surface area contributed by atoms with Crippen LogP contribution in [0.4, 0.5) is 5.82 Å². The molecule has 0 bridgehead atoms. The summed E-state index contributed by atoms with van der Waals surface area (Å²) in [5.74, 6) is 0.103. The molecular weight excluding hydrogens is 446 g/mol. The van der Waals surface area contributed by atoms with Crippen molar-refractivity contribution in [3.05, 3.63) is 48.5 Å². The van der Waals surface area contributed by atoms with E-state index in [0.717, 1.165) is 35.4 Å². The molecule has 186 valence electrons. The quantitative estimate of drug-likeness (QED) is 0.481. The molecule has 2 aliphatic heterocycles. The number of anilines is 1. The largest absolute Gasteiger partial charge is 0.377 e. The first-order valence-electron chi connectivity index (χ1n) is 12.6. The molecule has 4 heterocycles. The van der Waals surface area contributed by atoms with E-state index in [-0.39, 0.29) is 24.5 Å². The van der Waals surface area contributed by atoms with Gasteiger partial charge in [-0.1, -0.05) is 43.2 Å². The zero-order chi connectivity index (χ0) is 23.8. The van der Waals surface area contributed by atoms with Crippen LogP contribution >= 0.6 is 0 Å². The monoisotopic (exact) mass is 479 g/mol. The van der Waals surface area contributed by atoms with Gasteiger partial charge in [-0.2, -0.15) is 0 Å². The molecule has 1 unspecified atom stereocenters. The van der Waals surface area contributed by atoms with Crippen LogP contribution in [0.25, 0.3) is 11.2 Å². The number of fused-ring (bicyclic) bond motifs is 2. The van der Waals surface area contributed by atoms with Gasteiger partial charge in [-0.15, -0.1) is 0 Å². The van der Waals surface area contributed by atoms with Crippen LogP contribution in [0.5, 0.6) is 0 Å². The minimum Gasteiger partial charge on any atom is -0.377 e. The number of rotatable bonds is 8. The molecule has 3 aliphatic rings. The lowest BCUT2D eigenvalue weighted by molar-refractivity contribution is -0.198. The molecule has 2 saturated heterocycles. The zero-order valence-electron chi connectivity index (χ0n) is 20.3. The maximum atomic E-state index is 6.51. The topological polar surface area (TPSA) is 92.6 Å². The smallest absolute Gasteiger partial charge is 0.167 e. The average molecular weight is 480 g/mol. The van der Waals surface area contributed by atoms with Crippen LogP contribution in [0.15, 0.2) is 43.0 Å². The average Bonchev–Trinajstić information content (AvgIpc) is 3.62. The first-order valence-corrected chi connectivity index (χ1v) is 12.6. The van der Waals surface area contributed by atoms with Gasteiger partial charge in [0.1, 0.15) is 18.5 Å². The Hall–Kier alpha value is -2.59. The summed E-state index contributed by atoms with van der Waals surface area (Å²) in [6, 6.07) is 10.6. The molecule has 9 nitrogen and oxygen atoms in total. The molecule has 0 radical (unpaired) electrons. The van der Waals surface area contributed by atoms with Crippen molar-refractivity contribution in [3.8, 4) is 0 Å². The van der Waals surface area contributed by atoms with Crippen molar-refractivity contribution < 1.29 is 18.9 Å². The Morgan fingerprint density at radius 1 is 1.06 bits per heavy atom. The highest BCUT2D eigenvalue weighted by Gasteiger charge is 2.55. The second-order valence-electron chi connectivity index (χ2n) is 10.1. The summed E-state index contributed by atoms with van der Waals surface area (Å²) in [6.45, 7) is 5.04. The summed E-state index contributed by atoms with van der Waals surface area (Å²) >= 11 is 0. The molecule has 6 rings (SSSR count). The summed E-state index contributed by atoms with van der Waals surface area (Å²) in [6.07, 6.45) is 7.92. The summed E-state index contributed by atoms with van der Waals surface area (Å²) in [7, 11) is 0. The molecule has 9 heteroatoms. The van der Waals surface area contributed by atoms with E-state index in [0.29, 0.717) is 25.7 Å². The Morgan fingerprint density at radius 2 is 1.86 bits per heavy atom. The lowest BCUT2D eigenvalue weighted by Gasteiger charge is -2.24. The molecule has 3 fully saturated rings. The second-order valence-corrected chi connectivity index (χ2v) is 10.1. The lowest BCUT2D eigenvalue weighted by Crippen LogP contribution is -2.30. The standard InChI is InChI=1S/C26H33N5O4/c1-26(2)34-21-19(12-13-32-14-17-8-4-3-5-9-17)33-25(22(21)35-26)31-16-29-20-23(27-15-28-24(20)31)30-18-10-6-7-11-18/h3-5,8-9,15-16,18-19,21-22,25H,6-7,10-14H2,1-2H3,(H,27,28,30)/t19-,21-,22?,25-/m1/s1. The van der Waals surface area contributed by atoms with Crippen LogP contribution in [-0.2, 0) is 25.6 Å². The van der Waals surface area contributed by atoms with E-state index in [2.05, 4.69) is 32.4 Å². The number of nitrogens with zero attached hydrogens (tertiary/aromatic N) is 4. The van der Waals surface area contributed by atoms with Crippen LogP contribution in [0.1, 0.15) is 57.7 Å². The van der Waals surface area contributed by atoms with E-state index < -0.39 is 5.79 Å². The van der Waals surface area contributed by atoms with Crippen molar-refractivity contribution >= 4 is 17.0 Å². The van der Waals surface area contributed by atoms with Crippen molar-refractivity contribution in [2.45, 2.75) is 88.9 Å². The highest BCUT2D eigenvalue weighted by molar-refractivity contribution is 5.82. The van der Waals surface area contributed by atoms with Crippen LogP contribution in [0.3, 0.4) is 0 Å². The Morgan fingerprint density at radius 3 is 2.69 bits per heavy atom. The number of hydrogen-bond acceptors (Lipinski definition) is 8. The Bertz CT molecular complexity index is 1150. The fraction of sp³-hybridized carbons (Fsp3) is 0.577. The van der Waals surface area contributed by atoms with Gasteiger partial charge in [0.2, 0.25) is 0 Å². The predicted molar refractivity (Wildman–Crippen MR) is 130 cm³/mol. The molecule has 2 aromatic heterocycles. The van der Waals surface area contributed by atoms with Gasteiger partial charge in [-0.3, -0.25) is 4.57 Å². The maximum Gasteiger partial charge on any atom is 0.167 e. The van der Waals surface area contributed by atoms with E-state index in [4.69, 9.17) is 18.9 Å². The fourth-order valence-electron chi connectivity index (χ4n) is 5.49. The summed E-state index contributed by atoms with van der Waals surface area (Å²) in [5, 5.41) is 3.56. The van der Waals surface area contributed by atoms with Crippen molar-refractivity contribution in [3.63, 3.8) is 0 Å². The fourth-order valence-corrected chi connectivity index (χ4v) is 5.49. The van der Waals surface area contributed by atoms with E-state index in [1.165, 1.54) is 12.8 Å². The molecule has 1 N–H and O–H groups in total. The third-order valence-corrected chi connectivity index (χ3v) is 7.11. The number of benzene rings is 1.